The van der Waals surface area contributed by atoms with Crippen LogP contribution in [-0.2, 0) is 0 Å². The molecule has 0 aromatic rings. The molecule has 3 heteroatoms. The molecule has 2 rings (SSSR count). The first-order chi connectivity index (χ1) is 8.35. The van der Waals surface area contributed by atoms with Crippen LogP contribution >= 0.6 is 0 Å². The van der Waals surface area contributed by atoms with E-state index in [0.29, 0.717) is 12.0 Å². The Morgan fingerprint density at radius 2 is 2.06 bits per heavy atom. The lowest BCUT2D eigenvalue weighted by molar-refractivity contribution is 0.0957. The second-order valence-corrected chi connectivity index (χ2v) is 5.39. The Balaban J connectivity index is 2.00. The lowest BCUT2D eigenvalue weighted by Gasteiger charge is -2.41. The van der Waals surface area contributed by atoms with Gasteiger partial charge < -0.3 is 4.99 Å². The zero-order valence-corrected chi connectivity index (χ0v) is 10.8. The number of aliphatic imine (C=N–C) groups is 1. The molecule has 0 N–H and O–H groups in total. The molecule has 17 heavy (non-hydrogen) atoms. The van der Waals surface area contributed by atoms with Crippen molar-refractivity contribution in [3.8, 4) is 6.07 Å². The summed E-state index contributed by atoms with van der Waals surface area (Å²) in [5, 5.41) is 9.07. The largest absolute Gasteiger partial charge is 0.301 e. The summed E-state index contributed by atoms with van der Waals surface area (Å²) in [5.74, 6) is 0.871. The fraction of sp³-hybridized carbons (Fsp3) is 0.857. The summed E-state index contributed by atoms with van der Waals surface area (Å²) in [6.45, 7) is 2.16. The van der Waals surface area contributed by atoms with Gasteiger partial charge in [-0.2, -0.15) is 5.26 Å². The van der Waals surface area contributed by atoms with E-state index in [0.717, 1.165) is 13.0 Å². The van der Waals surface area contributed by atoms with E-state index < -0.39 is 0 Å². The van der Waals surface area contributed by atoms with Crippen molar-refractivity contribution in [1.29, 1.82) is 5.26 Å². The molecule has 0 bridgehead atoms. The summed E-state index contributed by atoms with van der Waals surface area (Å²) in [5.41, 5.74) is 0. The van der Waals surface area contributed by atoms with E-state index in [1.807, 2.05) is 7.05 Å². The van der Waals surface area contributed by atoms with Gasteiger partial charge in [0.05, 0.1) is 12.0 Å². The number of nitriles is 1. The Labute approximate surface area is 105 Å². The van der Waals surface area contributed by atoms with Crippen molar-refractivity contribution < 1.29 is 0 Å². The average Bonchev–Trinajstić information content (AvgIpc) is 2.40. The molecule has 1 saturated heterocycles. The van der Waals surface area contributed by atoms with Crippen molar-refractivity contribution in [1.82, 2.24) is 4.90 Å². The van der Waals surface area contributed by atoms with Crippen molar-refractivity contribution in [2.24, 2.45) is 16.8 Å². The van der Waals surface area contributed by atoms with Crippen molar-refractivity contribution in [3.05, 3.63) is 0 Å². The molecule has 0 aromatic heterocycles. The first-order valence-electron chi connectivity index (χ1n) is 6.91. The van der Waals surface area contributed by atoms with Crippen LogP contribution in [-0.4, -0.2) is 37.3 Å². The van der Waals surface area contributed by atoms with Gasteiger partial charge in [0, 0.05) is 31.8 Å². The summed E-state index contributed by atoms with van der Waals surface area (Å²) in [6.07, 6.45) is 9.65. The van der Waals surface area contributed by atoms with E-state index in [4.69, 9.17) is 5.26 Å². The molecule has 2 fully saturated rings. The average molecular weight is 233 g/mol. The first kappa shape index (κ1) is 12.6. The summed E-state index contributed by atoms with van der Waals surface area (Å²) in [7, 11) is 1.87. The van der Waals surface area contributed by atoms with Crippen molar-refractivity contribution in [2.45, 2.75) is 44.6 Å². The normalized spacial score (nSPS) is 35.9. The molecule has 94 valence electrons. The standard InChI is InChI=1S/C14H23N3/c1-16-10-13-6-2-3-7-14(13)17-8-4-5-12(9-15)11-17/h10,12-14H,2-8,11H2,1H3/b16-10+/t12-,13?,14-/m0/s1. The van der Waals surface area contributed by atoms with Gasteiger partial charge in [-0.1, -0.05) is 12.8 Å². The molecule has 1 aliphatic heterocycles. The predicted octanol–water partition coefficient (Wildman–Crippen LogP) is 2.48. The predicted molar refractivity (Wildman–Crippen MR) is 70.1 cm³/mol. The maximum atomic E-state index is 9.07. The molecule has 2 aliphatic rings. The van der Waals surface area contributed by atoms with Gasteiger partial charge in [0.1, 0.15) is 0 Å². The number of rotatable bonds is 2. The Morgan fingerprint density at radius 1 is 1.24 bits per heavy atom. The van der Waals surface area contributed by atoms with Crippen molar-refractivity contribution in [2.75, 3.05) is 20.1 Å². The minimum atomic E-state index is 0.255. The van der Waals surface area contributed by atoms with Gasteiger partial charge in [0.15, 0.2) is 0 Å². The Hall–Kier alpha value is -0.880. The van der Waals surface area contributed by atoms with Crippen LogP contribution in [0.1, 0.15) is 38.5 Å². The third kappa shape index (κ3) is 3.07. The lowest BCUT2D eigenvalue weighted by Crippen LogP contribution is -2.47. The number of piperidine rings is 1. The van der Waals surface area contributed by atoms with Gasteiger partial charge in [0.25, 0.3) is 0 Å². The number of nitrogens with zero attached hydrogens (tertiary/aromatic N) is 3. The van der Waals surface area contributed by atoms with E-state index in [9.17, 15) is 0 Å². The van der Waals surface area contributed by atoms with Crippen LogP contribution in [0, 0.1) is 23.2 Å². The van der Waals surface area contributed by atoms with Crippen molar-refractivity contribution in [3.63, 3.8) is 0 Å². The zero-order valence-electron chi connectivity index (χ0n) is 10.8. The Kier molecular flexibility index (Phi) is 4.56. The van der Waals surface area contributed by atoms with Crippen LogP contribution in [0.3, 0.4) is 0 Å². The second-order valence-electron chi connectivity index (χ2n) is 5.39. The van der Waals surface area contributed by atoms with Gasteiger partial charge >= 0.3 is 0 Å². The third-order valence-electron chi connectivity index (χ3n) is 4.23. The van der Waals surface area contributed by atoms with E-state index in [2.05, 4.69) is 22.2 Å². The highest BCUT2D eigenvalue weighted by atomic mass is 15.2. The minimum absolute atomic E-state index is 0.255. The summed E-state index contributed by atoms with van der Waals surface area (Å²) >= 11 is 0. The molecule has 1 saturated carbocycles. The topological polar surface area (TPSA) is 39.4 Å². The fourth-order valence-corrected chi connectivity index (χ4v) is 3.37. The van der Waals surface area contributed by atoms with Gasteiger partial charge in [0.2, 0.25) is 0 Å². The van der Waals surface area contributed by atoms with E-state index >= 15 is 0 Å². The Morgan fingerprint density at radius 3 is 2.82 bits per heavy atom. The maximum absolute atomic E-state index is 9.07. The number of hydrogen-bond donors (Lipinski definition) is 0. The highest BCUT2D eigenvalue weighted by Crippen LogP contribution is 2.30. The second kappa shape index (κ2) is 6.16. The van der Waals surface area contributed by atoms with Gasteiger partial charge in [-0.3, -0.25) is 4.90 Å². The molecule has 0 amide bonds. The quantitative estimate of drug-likeness (QED) is 0.687. The molecule has 1 heterocycles. The van der Waals surface area contributed by atoms with Crippen LogP contribution < -0.4 is 0 Å². The molecule has 1 unspecified atom stereocenters. The Bertz CT molecular complexity index is 305. The van der Waals surface area contributed by atoms with Gasteiger partial charge in [-0.15, -0.1) is 0 Å². The molecular formula is C14H23N3. The fourth-order valence-electron chi connectivity index (χ4n) is 3.37. The number of likely N-dealkylation sites (tertiary alicyclic amines) is 1. The molecule has 3 nitrogen and oxygen atoms in total. The minimum Gasteiger partial charge on any atom is -0.301 e. The SMILES string of the molecule is C/N=C/C1CCCC[C@@H]1N1CCC[C@@H](C#N)C1. The molecular weight excluding hydrogens is 210 g/mol. The lowest BCUT2D eigenvalue weighted by atomic mass is 9.82. The van der Waals surface area contributed by atoms with Crippen LogP contribution in [0.15, 0.2) is 4.99 Å². The smallest absolute Gasteiger partial charge is 0.0669 e. The van der Waals surface area contributed by atoms with Crippen LogP contribution in [0.5, 0.6) is 0 Å². The van der Waals surface area contributed by atoms with E-state index in [1.165, 1.54) is 38.6 Å². The molecule has 0 radical (unpaired) electrons. The third-order valence-corrected chi connectivity index (χ3v) is 4.23. The first-order valence-corrected chi connectivity index (χ1v) is 6.91. The highest BCUT2D eigenvalue weighted by molar-refractivity contribution is 5.61. The zero-order chi connectivity index (χ0) is 12.1. The van der Waals surface area contributed by atoms with Gasteiger partial charge in [-0.05, 0) is 32.2 Å². The van der Waals surface area contributed by atoms with Crippen LogP contribution in [0.4, 0.5) is 0 Å². The molecule has 3 atom stereocenters. The summed E-state index contributed by atoms with van der Waals surface area (Å²) in [4.78, 5) is 6.79. The molecule has 0 aromatic carbocycles. The van der Waals surface area contributed by atoms with Crippen LogP contribution in [0.25, 0.3) is 0 Å². The maximum Gasteiger partial charge on any atom is 0.0669 e. The van der Waals surface area contributed by atoms with E-state index in [-0.39, 0.29) is 5.92 Å². The van der Waals surface area contributed by atoms with Gasteiger partial charge in [-0.25, -0.2) is 0 Å². The van der Waals surface area contributed by atoms with Crippen LogP contribution in [0.2, 0.25) is 0 Å². The highest BCUT2D eigenvalue weighted by Gasteiger charge is 2.32. The molecule has 1 aliphatic carbocycles. The summed E-state index contributed by atoms with van der Waals surface area (Å²) in [6, 6.07) is 3.09. The summed E-state index contributed by atoms with van der Waals surface area (Å²) < 4.78 is 0. The monoisotopic (exact) mass is 233 g/mol. The van der Waals surface area contributed by atoms with Crippen molar-refractivity contribution >= 4 is 6.21 Å². The van der Waals surface area contributed by atoms with E-state index in [1.54, 1.807) is 0 Å². The number of hydrogen-bond acceptors (Lipinski definition) is 3. The molecule has 0 spiro atoms.